The fourth-order valence-electron chi connectivity index (χ4n) is 3.43. The van der Waals surface area contributed by atoms with Crippen LogP contribution in [0.25, 0.3) is 10.8 Å². The Hall–Kier alpha value is -2.61. The molecule has 0 aliphatic rings. The highest BCUT2D eigenvalue weighted by atomic mass is 16.5. The topological polar surface area (TPSA) is 26.3 Å². The molecule has 0 N–H and O–H groups in total. The van der Waals surface area contributed by atoms with Crippen LogP contribution in [0.3, 0.4) is 0 Å². The molecule has 3 aromatic carbocycles. The van der Waals surface area contributed by atoms with Crippen molar-refractivity contribution in [3.63, 3.8) is 0 Å². The second-order valence-electron chi connectivity index (χ2n) is 6.99. The summed E-state index contributed by atoms with van der Waals surface area (Å²) in [5.41, 5.74) is 3.77. The smallest absolute Gasteiger partial charge is 0.306 e. The van der Waals surface area contributed by atoms with Crippen molar-refractivity contribution in [1.82, 2.24) is 0 Å². The first-order valence-electron chi connectivity index (χ1n) is 9.32. The summed E-state index contributed by atoms with van der Waals surface area (Å²) < 4.78 is 5.46. The molecule has 0 fully saturated rings. The van der Waals surface area contributed by atoms with Crippen molar-refractivity contribution in [3.8, 4) is 0 Å². The van der Waals surface area contributed by atoms with Gasteiger partial charge in [-0.05, 0) is 47.6 Å². The Balaban J connectivity index is 1.50. The maximum absolute atomic E-state index is 12.2. The molecule has 26 heavy (non-hydrogen) atoms. The molecule has 134 valence electrons. The molecule has 0 saturated heterocycles. The summed E-state index contributed by atoms with van der Waals surface area (Å²) >= 11 is 0. The van der Waals surface area contributed by atoms with Crippen LogP contribution in [0.2, 0.25) is 0 Å². The van der Waals surface area contributed by atoms with Gasteiger partial charge in [-0.15, -0.1) is 0 Å². The molecule has 0 aromatic heterocycles. The van der Waals surface area contributed by atoms with Crippen molar-refractivity contribution in [2.45, 2.75) is 39.0 Å². The Morgan fingerprint density at radius 3 is 2.62 bits per heavy atom. The number of hydrogen-bond acceptors (Lipinski definition) is 2. The van der Waals surface area contributed by atoms with E-state index >= 15 is 0 Å². The minimum Gasteiger partial charge on any atom is -0.466 e. The van der Waals surface area contributed by atoms with E-state index in [0.717, 1.165) is 12.8 Å². The first kappa shape index (κ1) is 18.2. The summed E-state index contributed by atoms with van der Waals surface area (Å²) in [6, 6.07) is 23.1. The average molecular weight is 346 g/mol. The van der Waals surface area contributed by atoms with Crippen molar-refractivity contribution >= 4 is 16.7 Å². The lowest BCUT2D eigenvalue weighted by molar-refractivity contribution is -0.144. The molecule has 3 rings (SSSR count). The highest BCUT2D eigenvalue weighted by molar-refractivity contribution is 5.86. The molecule has 1 atom stereocenters. The lowest BCUT2D eigenvalue weighted by atomic mass is 9.92. The molecule has 3 aromatic rings. The average Bonchev–Trinajstić information content (AvgIpc) is 2.65. The summed E-state index contributed by atoms with van der Waals surface area (Å²) in [5.74, 6) is 0.0278. The number of hydrogen-bond donors (Lipinski definition) is 0. The van der Waals surface area contributed by atoms with Gasteiger partial charge in [0.25, 0.3) is 0 Å². The van der Waals surface area contributed by atoms with E-state index in [4.69, 9.17) is 4.74 Å². The largest absolute Gasteiger partial charge is 0.466 e. The van der Waals surface area contributed by atoms with Crippen molar-refractivity contribution in [2.24, 2.45) is 0 Å². The van der Waals surface area contributed by atoms with Crippen LogP contribution in [0.1, 0.15) is 42.4 Å². The summed E-state index contributed by atoms with van der Waals surface area (Å²) in [6.45, 7) is 4.67. The lowest BCUT2D eigenvalue weighted by Gasteiger charge is -2.14. The standard InChI is InChI=1S/C24H26O2/c1-18-8-5-9-20(16-18)10-7-15-26-24(25)17-19(2)22-14-6-12-21-11-3-4-13-23(21)22/h3-6,8-9,11-14,16,19H,7,10,15,17H2,1-2H3/t19-/m0/s1. The molecule has 0 unspecified atom stereocenters. The molecule has 0 amide bonds. The van der Waals surface area contributed by atoms with Crippen molar-refractivity contribution < 1.29 is 9.53 Å². The molecule has 0 bridgehead atoms. The number of fused-ring (bicyclic) bond motifs is 1. The third-order valence-corrected chi connectivity index (χ3v) is 4.78. The van der Waals surface area contributed by atoms with Gasteiger partial charge in [-0.25, -0.2) is 0 Å². The van der Waals surface area contributed by atoms with Gasteiger partial charge in [-0.3, -0.25) is 4.79 Å². The maximum Gasteiger partial charge on any atom is 0.306 e. The second-order valence-corrected chi connectivity index (χ2v) is 6.99. The highest BCUT2D eigenvalue weighted by Gasteiger charge is 2.14. The second kappa shape index (κ2) is 8.66. The molecule has 2 heteroatoms. The predicted octanol–water partition coefficient (Wildman–Crippen LogP) is 5.82. The highest BCUT2D eigenvalue weighted by Crippen LogP contribution is 2.27. The number of ether oxygens (including phenoxy) is 1. The third kappa shape index (κ3) is 4.72. The van der Waals surface area contributed by atoms with Crippen LogP contribution in [0.15, 0.2) is 66.7 Å². The van der Waals surface area contributed by atoms with Crippen molar-refractivity contribution in [2.75, 3.05) is 6.61 Å². The van der Waals surface area contributed by atoms with Gasteiger partial charge in [-0.2, -0.15) is 0 Å². The molecular weight excluding hydrogens is 320 g/mol. The van der Waals surface area contributed by atoms with Gasteiger partial charge in [0.2, 0.25) is 0 Å². The van der Waals surface area contributed by atoms with Crippen LogP contribution in [-0.2, 0) is 16.0 Å². The van der Waals surface area contributed by atoms with Crippen molar-refractivity contribution in [1.29, 1.82) is 0 Å². The van der Waals surface area contributed by atoms with Crippen LogP contribution in [0, 0.1) is 6.92 Å². The van der Waals surface area contributed by atoms with Gasteiger partial charge in [0.1, 0.15) is 0 Å². The Morgan fingerprint density at radius 2 is 1.77 bits per heavy atom. The van der Waals surface area contributed by atoms with E-state index in [1.54, 1.807) is 0 Å². The molecular formula is C24H26O2. The SMILES string of the molecule is Cc1cccc(CCCOC(=O)C[C@H](C)c2cccc3ccccc23)c1. The Bertz CT molecular complexity index is 877. The first-order valence-corrected chi connectivity index (χ1v) is 9.32. The molecule has 0 spiro atoms. The van der Waals surface area contributed by atoms with Crippen LogP contribution in [0.4, 0.5) is 0 Å². The Labute approximate surface area is 155 Å². The van der Waals surface area contributed by atoms with Crippen molar-refractivity contribution in [3.05, 3.63) is 83.4 Å². The summed E-state index contributed by atoms with van der Waals surface area (Å²) in [4.78, 5) is 12.2. The van der Waals surface area contributed by atoms with Gasteiger partial charge >= 0.3 is 5.97 Å². The maximum atomic E-state index is 12.2. The van der Waals surface area contributed by atoms with Gasteiger partial charge in [0.05, 0.1) is 13.0 Å². The van der Waals surface area contributed by atoms with Crippen LogP contribution in [-0.4, -0.2) is 12.6 Å². The van der Waals surface area contributed by atoms with Gasteiger partial charge in [0.15, 0.2) is 0 Å². The number of carbonyl (C=O) groups is 1. The number of carbonyl (C=O) groups excluding carboxylic acids is 1. The monoisotopic (exact) mass is 346 g/mol. The van der Waals surface area contributed by atoms with E-state index in [1.165, 1.54) is 27.5 Å². The minimum atomic E-state index is -0.116. The zero-order valence-corrected chi connectivity index (χ0v) is 15.6. The summed E-state index contributed by atoms with van der Waals surface area (Å²) in [5, 5.41) is 2.43. The van der Waals surface area contributed by atoms with E-state index in [1.807, 2.05) is 12.1 Å². The fraction of sp³-hybridized carbons (Fsp3) is 0.292. The van der Waals surface area contributed by atoms with E-state index in [0.29, 0.717) is 13.0 Å². The summed E-state index contributed by atoms with van der Waals surface area (Å²) in [6.07, 6.45) is 2.21. The number of esters is 1. The molecule has 0 aliphatic carbocycles. The lowest BCUT2D eigenvalue weighted by Crippen LogP contribution is -2.10. The molecule has 0 radical (unpaired) electrons. The Kier molecular flexibility index (Phi) is 6.06. The van der Waals surface area contributed by atoms with Crippen LogP contribution < -0.4 is 0 Å². The van der Waals surface area contributed by atoms with Gasteiger partial charge < -0.3 is 4.74 Å². The molecule has 2 nitrogen and oxygen atoms in total. The normalized spacial score (nSPS) is 12.1. The van der Waals surface area contributed by atoms with E-state index in [2.05, 4.69) is 68.4 Å². The van der Waals surface area contributed by atoms with Gasteiger partial charge in [-0.1, -0.05) is 79.2 Å². The number of rotatable bonds is 7. The summed E-state index contributed by atoms with van der Waals surface area (Å²) in [7, 11) is 0. The van der Waals surface area contributed by atoms with E-state index in [9.17, 15) is 4.79 Å². The molecule has 0 heterocycles. The first-order chi connectivity index (χ1) is 12.6. The van der Waals surface area contributed by atoms with Crippen LogP contribution >= 0.6 is 0 Å². The van der Waals surface area contributed by atoms with E-state index in [-0.39, 0.29) is 11.9 Å². The van der Waals surface area contributed by atoms with Gasteiger partial charge in [0, 0.05) is 0 Å². The number of aryl methyl sites for hydroxylation is 2. The van der Waals surface area contributed by atoms with E-state index < -0.39 is 0 Å². The fourth-order valence-corrected chi connectivity index (χ4v) is 3.43. The van der Waals surface area contributed by atoms with Crippen LogP contribution in [0.5, 0.6) is 0 Å². The molecule has 0 saturated carbocycles. The molecule has 0 aliphatic heterocycles. The predicted molar refractivity (Wildman–Crippen MR) is 107 cm³/mol. The minimum absolute atomic E-state index is 0.116. The third-order valence-electron chi connectivity index (χ3n) is 4.78. The zero-order chi connectivity index (χ0) is 18.4. The quantitative estimate of drug-likeness (QED) is 0.398. The number of benzene rings is 3. The Morgan fingerprint density at radius 1 is 1.00 bits per heavy atom. The zero-order valence-electron chi connectivity index (χ0n) is 15.6.